The van der Waals surface area contributed by atoms with Crippen LogP contribution >= 0.6 is 0 Å². The summed E-state index contributed by atoms with van der Waals surface area (Å²) in [6, 6.07) is 4.00. The van der Waals surface area contributed by atoms with Crippen molar-refractivity contribution in [3.05, 3.63) is 40.1 Å². The molecule has 2 aromatic heterocycles. The number of rotatable bonds is 8. The molecule has 1 aromatic carbocycles. The van der Waals surface area contributed by atoms with Crippen LogP contribution in [-0.2, 0) is 19.4 Å². The van der Waals surface area contributed by atoms with E-state index in [0.717, 1.165) is 47.2 Å². The molecule has 0 atom stereocenters. The Hall–Kier alpha value is -2.70. The smallest absolute Gasteiger partial charge is 0.328 e. The molecule has 0 saturated heterocycles. The minimum Gasteiger partial charge on any atom is -0.493 e. The number of aryl methyl sites for hydroxylation is 1. The van der Waals surface area contributed by atoms with Crippen LogP contribution in [0.1, 0.15) is 51.8 Å². The quantitative estimate of drug-likeness (QED) is 0.569. The summed E-state index contributed by atoms with van der Waals surface area (Å²) < 4.78 is 13.0. The van der Waals surface area contributed by atoms with E-state index >= 15 is 0 Å². The Morgan fingerprint density at radius 2 is 2.11 bits per heavy atom. The Balaban J connectivity index is 1.75. The Labute approximate surface area is 164 Å². The largest absolute Gasteiger partial charge is 0.493 e. The predicted octanol–water partition coefficient (Wildman–Crippen LogP) is 4.03. The summed E-state index contributed by atoms with van der Waals surface area (Å²) in [4.78, 5) is 14.0. The molecule has 0 aliphatic carbocycles. The van der Waals surface area contributed by atoms with Gasteiger partial charge in [-0.1, -0.05) is 39.3 Å². The second-order valence-electron chi connectivity index (χ2n) is 8.34. The molecule has 2 heterocycles. The number of aromatic nitrogens is 3. The number of ether oxygens (including phenoxy) is 1. The molecule has 0 radical (unpaired) electrons. The molecule has 0 aliphatic rings. The minimum absolute atomic E-state index is 0.0638. The van der Waals surface area contributed by atoms with Gasteiger partial charge in [0.2, 0.25) is 5.88 Å². The van der Waals surface area contributed by atoms with Gasteiger partial charge in [-0.05, 0) is 36.8 Å². The highest BCUT2D eigenvalue weighted by Gasteiger charge is 2.20. The maximum absolute atomic E-state index is 11.6. The third-order valence-electron chi connectivity index (χ3n) is 4.60. The molecule has 3 aromatic rings. The van der Waals surface area contributed by atoms with Crippen LogP contribution in [0.4, 0.5) is 0 Å². The number of H-pyrrole nitrogens is 1. The zero-order valence-corrected chi connectivity index (χ0v) is 17.0. The zero-order valence-electron chi connectivity index (χ0n) is 17.0. The van der Waals surface area contributed by atoms with Crippen LogP contribution in [0.15, 0.2) is 27.6 Å². The third-order valence-corrected chi connectivity index (χ3v) is 4.60. The van der Waals surface area contributed by atoms with E-state index in [9.17, 15) is 9.90 Å². The predicted molar refractivity (Wildman–Crippen MR) is 108 cm³/mol. The fraction of sp³-hybridized carbons (Fsp3) is 0.524. The molecule has 0 saturated carbocycles. The van der Waals surface area contributed by atoms with Crippen molar-refractivity contribution in [3.63, 3.8) is 0 Å². The number of nitrogens with zero attached hydrogens (tertiary/aromatic N) is 2. The van der Waals surface area contributed by atoms with Crippen molar-refractivity contribution >= 4 is 11.0 Å². The zero-order chi connectivity index (χ0) is 20.3. The summed E-state index contributed by atoms with van der Waals surface area (Å²) in [6.45, 7) is 9.50. The van der Waals surface area contributed by atoms with E-state index < -0.39 is 0 Å². The molecule has 7 heteroatoms. The number of hydrogen-bond donors (Lipinski definition) is 2. The van der Waals surface area contributed by atoms with Gasteiger partial charge in [-0.3, -0.25) is 4.57 Å². The van der Waals surface area contributed by atoms with Crippen LogP contribution in [0, 0.1) is 5.41 Å². The first-order valence-electron chi connectivity index (χ1n) is 9.80. The maximum atomic E-state index is 11.6. The van der Waals surface area contributed by atoms with Gasteiger partial charge < -0.3 is 19.4 Å². The van der Waals surface area contributed by atoms with Gasteiger partial charge in [0.05, 0.1) is 18.5 Å². The Morgan fingerprint density at radius 3 is 2.75 bits per heavy atom. The van der Waals surface area contributed by atoms with Crippen molar-refractivity contribution in [2.45, 2.75) is 59.9 Å². The lowest BCUT2D eigenvalue weighted by Crippen LogP contribution is -2.18. The highest BCUT2D eigenvalue weighted by Crippen LogP contribution is 2.33. The van der Waals surface area contributed by atoms with Crippen LogP contribution in [0.5, 0.6) is 11.6 Å². The van der Waals surface area contributed by atoms with Crippen molar-refractivity contribution in [2.75, 3.05) is 6.61 Å². The molecule has 0 unspecified atom stereocenters. The van der Waals surface area contributed by atoms with Gasteiger partial charge in [-0.25, -0.2) is 4.79 Å². The van der Waals surface area contributed by atoms with E-state index in [1.807, 2.05) is 12.1 Å². The average molecular weight is 387 g/mol. The van der Waals surface area contributed by atoms with Crippen molar-refractivity contribution < 1.29 is 14.4 Å². The normalized spacial score (nSPS) is 12.0. The summed E-state index contributed by atoms with van der Waals surface area (Å²) in [5, 5.41) is 15.0. The fourth-order valence-corrected chi connectivity index (χ4v) is 3.35. The molecular weight excluding hydrogens is 358 g/mol. The molecule has 3 rings (SSSR count). The van der Waals surface area contributed by atoms with Gasteiger partial charge in [0.15, 0.2) is 5.58 Å². The number of imidazole rings is 1. The lowest BCUT2D eigenvalue weighted by atomic mass is 9.89. The first kappa shape index (κ1) is 20.0. The summed E-state index contributed by atoms with van der Waals surface area (Å²) >= 11 is 0. The SMILES string of the molecule is CCCc1c(OCCCn2c(O)c[nH]c2=O)ccc2c(CC(C)(C)C)noc12. The van der Waals surface area contributed by atoms with Crippen LogP contribution in [0.2, 0.25) is 0 Å². The highest BCUT2D eigenvalue weighted by atomic mass is 16.5. The fourth-order valence-electron chi connectivity index (χ4n) is 3.35. The molecular formula is C21H29N3O4. The first-order chi connectivity index (χ1) is 13.3. The number of nitrogens with one attached hydrogen (secondary N) is 1. The van der Waals surface area contributed by atoms with Gasteiger partial charge in [-0.15, -0.1) is 0 Å². The molecule has 152 valence electrons. The van der Waals surface area contributed by atoms with Crippen LogP contribution in [0.25, 0.3) is 11.0 Å². The maximum Gasteiger partial charge on any atom is 0.328 e. The summed E-state index contributed by atoms with van der Waals surface area (Å²) in [5.74, 6) is 0.726. The minimum atomic E-state index is -0.321. The molecule has 0 amide bonds. The average Bonchev–Trinajstić information content (AvgIpc) is 3.16. The van der Waals surface area contributed by atoms with Crippen molar-refractivity contribution in [3.8, 4) is 11.6 Å². The number of aromatic amines is 1. The molecule has 0 aliphatic heterocycles. The lowest BCUT2D eigenvalue weighted by molar-refractivity contribution is 0.292. The summed E-state index contributed by atoms with van der Waals surface area (Å²) in [7, 11) is 0. The number of hydrogen-bond acceptors (Lipinski definition) is 5. The molecule has 0 spiro atoms. The second-order valence-corrected chi connectivity index (χ2v) is 8.34. The second kappa shape index (κ2) is 8.12. The molecule has 28 heavy (non-hydrogen) atoms. The van der Waals surface area contributed by atoms with E-state index in [4.69, 9.17) is 9.26 Å². The van der Waals surface area contributed by atoms with Crippen LogP contribution < -0.4 is 10.4 Å². The summed E-state index contributed by atoms with van der Waals surface area (Å²) in [5.41, 5.74) is 2.63. The van der Waals surface area contributed by atoms with E-state index in [-0.39, 0.29) is 17.0 Å². The molecule has 7 nitrogen and oxygen atoms in total. The third kappa shape index (κ3) is 4.40. The van der Waals surface area contributed by atoms with Gasteiger partial charge in [-0.2, -0.15) is 0 Å². The van der Waals surface area contributed by atoms with E-state index in [1.165, 1.54) is 10.8 Å². The first-order valence-corrected chi connectivity index (χ1v) is 9.80. The van der Waals surface area contributed by atoms with Crippen LogP contribution in [0.3, 0.4) is 0 Å². The Bertz CT molecular complexity index is 991. The van der Waals surface area contributed by atoms with Gasteiger partial charge in [0.1, 0.15) is 5.75 Å². The Kier molecular flexibility index (Phi) is 5.82. The highest BCUT2D eigenvalue weighted by molar-refractivity contribution is 5.84. The number of benzene rings is 1. The molecule has 0 fully saturated rings. The van der Waals surface area contributed by atoms with Gasteiger partial charge in [0, 0.05) is 17.5 Å². The van der Waals surface area contributed by atoms with Gasteiger partial charge >= 0.3 is 5.69 Å². The molecule has 0 bridgehead atoms. The van der Waals surface area contributed by atoms with E-state index in [0.29, 0.717) is 19.6 Å². The van der Waals surface area contributed by atoms with Crippen molar-refractivity contribution in [2.24, 2.45) is 5.41 Å². The molecule has 2 N–H and O–H groups in total. The number of aromatic hydroxyl groups is 1. The standard InChI is InChI=1S/C21H29N3O4/c1-5-7-15-17(27-11-6-10-24-18(25)13-22-20(24)26)9-8-14-16(12-21(2,3)4)23-28-19(14)15/h8-9,13,25H,5-7,10-12H2,1-4H3,(H,22,26). The van der Waals surface area contributed by atoms with Crippen molar-refractivity contribution in [1.29, 1.82) is 0 Å². The lowest BCUT2D eigenvalue weighted by Gasteiger charge is -2.16. The summed E-state index contributed by atoms with van der Waals surface area (Å²) in [6.07, 6.45) is 4.54. The monoisotopic (exact) mass is 387 g/mol. The van der Waals surface area contributed by atoms with Gasteiger partial charge in [0.25, 0.3) is 0 Å². The van der Waals surface area contributed by atoms with E-state index in [2.05, 4.69) is 37.8 Å². The van der Waals surface area contributed by atoms with Crippen LogP contribution in [-0.4, -0.2) is 26.4 Å². The Morgan fingerprint density at radius 1 is 1.32 bits per heavy atom. The topological polar surface area (TPSA) is 93.3 Å². The van der Waals surface area contributed by atoms with E-state index in [1.54, 1.807) is 0 Å². The van der Waals surface area contributed by atoms with Crippen molar-refractivity contribution in [1.82, 2.24) is 14.7 Å². The number of fused-ring (bicyclic) bond motifs is 1.